The lowest BCUT2D eigenvalue weighted by Crippen LogP contribution is -2.37. The first kappa shape index (κ1) is 16.2. The summed E-state index contributed by atoms with van der Waals surface area (Å²) in [6, 6.07) is 3.17. The molecule has 24 heavy (non-hydrogen) atoms. The highest BCUT2D eigenvalue weighted by atomic mass is 16.6. The molecule has 3 heterocycles. The number of aryl methyl sites for hydroxylation is 1. The van der Waals surface area contributed by atoms with Crippen LogP contribution in [0.4, 0.5) is 5.69 Å². The summed E-state index contributed by atoms with van der Waals surface area (Å²) in [5.41, 5.74) is -0.348. The summed E-state index contributed by atoms with van der Waals surface area (Å²) in [4.78, 5) is 24.9. The fourth-order valence-corrected chi connectivity index (χ4v) is 3.15. The summed E-state index contributed by atoms with van der Waals surface area (Å²) >= 11 is 0. The number of aromatic nitrogens is 2. The van der Waals surface area contributed by atoms with Gasteiger partial charge in [-0.3, -0.25) is 19.6 Å². The number of aliphatic hydroxyl groups excluding tert-OH is 1. The van der Waals surface area contributed by atoms with E-state index in [1.807, 2.05) is 0 Å². The molecule has 1 aliphatic heterocycles. The summed E-state index contributed by atoms with van der Waals surface area (Å²) in [6.07, 6.45) is 3.58. The molecule has 0 saturated carbocycles. The zero-order chi connectivity index (χ0) is 17.3. The van der Waals surface area contributed by atoms with Gasteiger partial charge in [0.2, 0.25) is 5.69 Å². The minimum absolute atomic E-state index is 0.0422. The Morgan fingerprint density at radius 3 is 3.08 bits per heavy atom. The minimum atomic E-state index is -0.820. The zero-order valence-corrected chi connectivity index (χ0v) is 13.2. The molecule has 9 heteroatoms. The molecule has 2 atom stereocenters. The number of hydrogen-bond donors (Lipinski definition) is 1. The van der Waals surface area contributed by atoms with Crippen molar-refractivity contribution in [1.82, 2.24) is 14.7 Å². The standard InChI is InChI=1S/C15H18N4O5/c1-17-14(11(9-16-17)19(22)23)15(21)18-6-2-4-10(18)8-12(20)13-5-3-7-24-13/h3,5,7,9-10,12,20H,2,4,6,8H2,1H3. The van der Waals surface area contributed by atoms with E-state index >= 15 is 0 Å². The van der Waals surface area contributed by atoms with Crippen LogP contribution in [0.25, 0.3) is 0 Å². The Labute approximate surface area is 137 Å². The number of nitro groups is 1. The van der Waals surface area contributed by atoms with Crippen LogP contribution in [0.1, 0.15) is 41.6 Å². The van der Waals surface area contributed by atoms with E-state index in [1.165, 1.54) is 18.0 Å². The third kappa shape index (κ3) is 2.90. The van der Waals surface area contributed by atoms with Crippen molar-refractivity contribution in [1.29, 1.82) is 0 Å². The lowest BCUT2D eigenvalue weighted by atomic mass is 10.0. The Morgan fingerprint density at radius 1 is 1.62 bits per heavy atom. The molecule has 9 nitrogen and oxygen atoms in total. The summed E-state index contributed by atoms with van der Waals surface area (Å²) in [7, 11) is 1.50. The van der Waals surface area contributed by atoms with Crippen LogP contribution >= 0.6 is 0 Å². The van der Waals surface area contributed by atoms with Crippen molar-refractivity contribution in [2.45, 2.75) is 31.4 Å². The summed E-state index contributed by atoms with van der Waals surface area (Å²) in [5.74, 6) is 0.0108. The molecule has 1 N–H and O–H groups in total. The first-order valence-corrected chi connectivity index (χ1v) is 7.68. The average Bonchev–Trinajstić information content (AvgIpc) is 3.26. The van der Waals surface area contributed by atoms with Gasteiger partial charge in [0.1, 0.15) is 18.1 Å². The number of rotatable bonds is 5. The topological polar surface area (TPSA) is 115 Å². The van der Waals surface area contributed by atoms with Crippen molar-refractivity contribution in [3.8, 4) is 0 Å². The zero-order valence-electron chi connectivity index (χ0n) is 13.2. The van der Waals surface area contributed by atoms with Gasteiger partial charge in [-0.05, 0) is 25.0 Å². The van der Waals surface area contributed by atoms with E-state index in [4.69, 9.17) is 4.42 Å². The van der Waals surface area contributed by atoms with Crippen molar-refractivity contribution in [2.75, 3.05) is 6.54 Å². The predicted molar refractivity (Wildman–Crippen MR) is 82.2 cm³/mol. The molecule has 0 bridgehead atoms. The molecule has 0 aromatic carbocycles. The van der Waals surface area contributed by atoms with Crippen molar-refractivity contribution in [3.05, 3.63) is 46.2 Å². The highest BCUT2D eigenvalue weighted by Gasteiger charge is 2.36. The molecule has 3 rings (SSSR count). The first-order chi connectivity index (χ1) is 11.5. The highest BCUT2D eigenvalue weighted by molar-refractivity contribution is 5.96. The molecular formula is C15H18N4O5. The summed E-state index contributed by atoms with van der Waals surface area (Å²) < 4.78 is 6.41. The lowest BCUT2D eigenvalue weighted by Gasteiger charge is -2.25. The molecule has 1 aliphatic rings. The molecule has 2 aromatic heterocycles. The van der Waals surface area contributed by atoms with Gasteiger partial charge in [-0.15, -0.1) is 0 Å². The van der Waals surface area contributed by atoms with Gasteiger partial charge in [0.05, 0.1) is 11.2 Å². The Balaban J connectivity index is 1.79. The number of nitrogens with zero attached hydrogens (tertiary/aromatic N) is 4. The van der Waals surface area contributed by atoms with Gasteiger partial charge in [0.15, 0.2) is 0 Å². The monoisotopic (exact) mass is 334 g/mol. The second-order valence-electron chi connectivity index (χ2n) is 5.82. The third-order valence-corrected chi connectivity index (χ3v) is 4.32. The normalized spacial score (nSPS) is 18.8. The SMILES string of the molecule is Cn1ncc([N+](=O)[O-])c1C(=O)N1CCCC1CC(O)c1ccco1. The van der Waals surface area contributed by atoms with Gasteiger partial charge in [-0.25, -0.2) is 0 Å². The maximum Gasteiger partial charge on any atom is 0.320 e. The summed E-state index contributed by atoms with van der Waals surface area (Å²) in [5, 5.41) is 25.2. The number of carbonyl (C=O) groups is 1. The molecule has 0 spiro atoms. The molecule has 1 fully saturated rings. The summed E-state index contributed by atoms with van der Waals surface area (Å²) in [6.45, 7) is 0.497. The number of aliphatic hydroxyl groups is 1. The molecule has 2 aromatic rings. The quantitative estimate of drug-likeness (QED) is 0.657. The number of furan rings is 1. The second kappa shape index (κ2) is 6.44. The Hall–Kier alpha value is -2.68. The van der Waals surface area contributed by atoms with E-state index in [-0.39, 0.29) is 17.4 Å². The fourth-order valence-electron chi connectivity index (χ4n) is 3.15. The molecule has 0 radical (unpaired) electrons. The van der Waals surface area contributed by atoms with Gasteiger partial charge in [0.25, 0.3) is 5.91 Å². The Morgan fingerprint density at radius 2 is 2.42 bits per heavy atom. The van der Waals surface area contributed by atoms with Gasteiger partial charge in [-0.2, -0.15) is 5.10 Å². The fraction of sp³-hybridized carbons (Fsp3) is 0.467. The molecule has 1 saturated heterocycles. The number of amides is 1. The van der Waals surface area contributed by atoms with E-state index in [2.05, 4.69) is 5.10 Å². The third-order valence-electron chi connectivity index (χ3n) is 4.32. The van der Waals surface area contributed by atoms with Crippen molar-refractivity contribution >= 4 is 11.6 Å². The molecular weight excluding hydrogens is 316 g/mol. The smallest absolute Gasteiger partial charge is 0.320 e. The lowest BCUT2D eigenvalue weighted by molar-refractivity contribution is -0.385. The minimum Gasteiger partial charge on any atom is -0.467 e. The maximum absolute atomic E-state index is 12.8. The van der Waals surface area contributed by atoms with Crippen LogP contribution in [-0.2, 0) is 7.05 Å². The maximum atomic E-state index is 12.8. The number of carbonyl (C=O) groups excluding carboxylic acids is 1. The van der Waals surface area contributed by atoms with Crippen LogP contribution in [-0.4, -0.2) is 43.2 Å². The van der Waals surface area contributed by atoms with E-state index in [1.54, 1.807) is 17.0 Å². The van der Waals surface area contributed by atoms with Crippen LogP contribution in [0, 0.1) is 10.1 Å². The number of hydrogen-bond acceptors (Lipinski definition) is 6. The highest BCUT2D eigenvalue weighted by Crippen LogP contribution is 2.30. The second-order valence-corrected chi connectivity index (χ2v) is 5.82. The number of likely N-dealkylation sites (tertiary alicyclic amines) is 1. The van der Waals surface area contributed by atoms with Crippen LogP contribution in [0.3, 0.4) is 0 Å². The average molecular weight is 334 g/mol. The van der Waals surface area contributed by atoms with E-state index in [0.717, 1.165) is 19.0 Å². The van der Waals surface area contributed by atoms with Gasteiger partial charge in [0, 0.05) is 26.1 Å². The predicted octanol–water partition coefficient (Wildman–Crippen LogP) is 1.65. The van der Waals surface area contributed by atoms with Gasteiger partial charge >= 0.3 is 5.69 Å². The Kier molecular flexibility index (Phi) is 4.34. The van der Waals surface area contributed by atoms with Crippen LogP contribution in [0.5, 0.6) is 0 Å². The molecule has 128 valence electrons. The first-order valence-electron chi connectivity index (χ1n) is 7.68. The van der Waals surface area contributed by atoms with Crippen molar-refractivity contribution < 1.29 is 19.2 Å². The van der Waals surface area contributed by atoms with Crippen molar-refractivity contribution in [2.24, 2.45) is 7.05 Å². The van der Waals surface area contributed by atoms with Crippen LogP contribution < -0.4 is 0 Å². The Bertz CT molecular complexity index is 739. The molecule has 1 amide bonds. The van der Waals surface area contributed by atoms with E-state index in [9.17, 15) is 20.0 Å². The van der Waals surface area contributed by atoms with Crippen molar-refractivity contribution in [3.63, 3.8) is 0 Å². The molecule has 2 unspecified atom stereocenters. The van der Waals surface area contributed by atoms with E-state index < -0.39 is 16.9 Å². The van der Waals surface area contributed by atoms with Crippen LogP contribution in [0.2, 0.25) is 0 Å². The van der Waals surface area contributed by atoms with Crippen LogP contribution in [0.15, 0.2) is 29.0 Å². The van der Waals surface area contributed by atoms with E-state index in [0.29, 0.717) is 18.7 Å². The van der Waals surface area contributed by atoms with Gasteiger partial charge < -0.3 is 14.4 Å². The van der Waals surface area contributed by atoms with Gasteiger partial charge in [-0.1, -0.05) is 0 Å². The molecule has 0 aliphatic carbocycles. The largest absolute Gasteiger partial charge is 0.467 e.